The van der Waals surface area contributed by atoms with Gasteiger partial charge in [-0.15, -0.1) is 11.8 Å². The second kappa shape index (κ2) is 7.65. The van der Waals surface area contributed by atoms with Crippen molar-refractivity contribution >= 4 is 17.4 Å². The van der Waals surface area contributed by atoms with Crippen LogP contribution in [0.15, 0.2) is 77.7 Å². The summed E-state index contributed by atoms with van der Waals surface area (Å²) in [4.78, 5) is 6.38. The number of fused-ring (bicyclic) bond motifs is 2. The second-order valence-electron chi connectivity index (χ2n) is 7.84. The Morgan fingerprint density at radius 3 is 2.36 bits per heavy atom. The van der Waals surface area contributed by atoms with E-state index in [1.54, 1.807) is 0 Å². The van der Waals surface area contributed by atoms with Crippen LogP contribution in [-0.4, -0.2) is 38.1 Å². The maximum atomic E-state index is 2.54. The summed E-state index contributed by atoms with van der Waals surface area (Å²) in [5, 5.41) is 0. The SMILES string of the molecule is CN1CCN(c2ccc3c(c2)SCc2ccccc2[C@@H]3c2ccccc2)CC1. The number of thioether (sulfide) groups is 1. The van der Waals surface area contributed by atoms with Gasteiger partial charge in [0.2, 0.25) is 0 Å². The molecule has 3 heteroatoms. The lowest BCUT2D eigenvalue weighted by Gasteiger charge is -2.34. The molecule has 0 spiro atoms. The standard InChI is InChI=1S/C25H26N2S/c1-26-13-15-27(16-14-26)21-11-12-23-24(17-21)28-18-20-9-5-6-10-22(20)25(23)19-7-3-2-4-8-19/h2-12,17,25H,13-16,18H2,1H3/t25-/m0/s1. The average molecular weight is 387 g/mol. The number of likely N-dealkylation sites (N-methyl/N-ethyl adjacent to an activating group) is 1. The van der Waals surface area contributed by atoms with Gasteiger partial charge in [0.15, 0.2) is 0 Å². The zero-order chi connectivity index (χ0) is 18.9. The van der Waals surface area contributed by atoms with E-state index in [1.807, 2.05) is 11.8 Å². The number of piperazine rings is 1. The van der Waals surface area contributed by atoms with Crippen molar-refractivity contribution in [2.24, 2.45) is 0 Å². The van der Waals surface area contributed by atoms with Crippen molar-refractivity contribution in [3.63, 3.8) is 0 Å². The highest BCUT2D eigenvalue weighted by Crippen LogP contribution is 2.45. The van der Waals surface area contributed by atoms with E-state index in [0.717, 1.165) is 31.9 Å². The first-order valence-corrected chi connectivity index (χ1v) is 11.1. The van der Waals surface area contributed by atoms with E-state index in [0.29, 0.717) is 5.92 Å². The topological polar surface area (TPSA) is 6.48 Å². The first-order chi connectivity index (χ1) is 13.8. The molecule has 0 unspecified atom stereocenters. The van der Waals surface area contributed by atoms with E-state index in [2.05, 4.69) is 89.6 Å². The van der Waals surface area contributed by atoms with Crippen LogP contribution in [0.5, 0.6) is 0 Å². The summed E-state index contributed by atoms with van der Waals surface area (Å²) < 4.78 is 0. The fraction of sp³-hybridized carbons (Fsp3) is 0.280. The summed E-state index contributed by atoms with van der Waals surface area (Å²) in [6.07, 6.45) is 0. The monoisotopic (exact) mass is 386 g/mol. The van der Waals surface area contributed by atoms with Crippen molar-refractivity contribution in [1.82, 2.24) is 4.90 Å². The van der Waals surface area contributed by atoms with Crippen LogP contribution in [0.25, 0.3) is 0 Å². The number of benzene rings is 3. The van der Waals surface area contributed by atoms with Gasteiger partial charge in [0.05, 0.1) is 0 Å². The fourth-order valence-electron chi connectivity index (χ4n) is 4.42. The van der Waals surface area contributed by atoms with E-state index in [9.17, 15) is 0 Å². The molecule has 1 atom stereocenters. The lowest BCUT2D eigenvalue weighted by Crippen LogP contribution is -2.44. The van der Waals surface area contributed by atoms with Gasteiger partial charge in [-0.2, -0.15) is 0 Å². The summed E-state index contributed by atoms with van der Waals surface area (Å²) in [7, 11) is 2.21. The number of hydrogen-bond donors (Lipinski definition) is 0. The van der Waals surface area contributed by atoms with Gasteiger partial charge in [-0.05, 0) is 41.4 Å². The van der Waals surface area contributed by atoms with Gasteiger partial charge in [-0.1, -0.05) is 60.7 Å². The lowest BCUT2D eigenvalue weighted by atomic mass is 9.83. The first kappa shape index (κ1) is 17.8. The first-order valence-electron chi connectivity index (χ1n) is 10.1. The zero-order valence-corrected chi connectivity index (χ0v) is 17.2. The summed E-state index contributed by atoms with van der Waals surface area (Å²) >= 11 is 1.99. The third-order valence-corrected chi connectivity index (χ3v) is 7.18. The molecule has 0 amide bonds. The minimum absolute atomic E-state index is 0.309. The maximum Gasteiger partial charge on any atom is 0.0378 e. The van der Waals surface area contributed by atoms with E-state index < -0.39 is 0 Å². The molecule has 2 heterocycles. The molecule has 0 aliphatic carbocycles. The second-order valence-corrected chi connectivity index (χ2v) is 8.86. The Labute approximate surface area is 172 Å². The van der Waals surface area contributed by atoms with Crippen LogP contribution < -0.4 is 4.90 Å². The van der Waals surface area contributed by atoms with E-state index >= 15 is 0 Å². The lowest BCUT2D eigenvalue weighted by molar-refractivity contribution is 0.313. The van der Waals surface area contributed by atoms with Crippen molar-refractivity contribution in [3.8, 4) is 0 Å². The van der Waals surface area contributed by atoms with Gasteiger partial charge >= 0.3 is 0 Å². The number of rotatable bonds is 2. The fourth-order valence-corrected chi connectivity index (χ4v) is 5.55. The molecule has 1 fully saturated rings. The maximum absolute atomic E-state index is 2.54. The molecule has 0 saturated carbocycles. The van der Waals surface area contributed by atoms with Gasteiger partial charge in [-0.25, -0.2) is 0 Å². The molecule has 2 aliphatic heterocycles. The number of nitrogens with zero attached hydrogens (tertiary/aromatic N) is 2. The molecule has 0 bridgehead atoms. The van der Waals surface area contributed by atoms with Crippen LogP contribution in [0.2, 0.25) is 0 Å². The normalized spacial score (nSPS) is 19.6. The highest BCUT2D eigenvalue weighted by atomic mass is 32.2. The Kier molecular flexibility index (Phi) is 4.87. The molecule has 1 saturated heterocycles. The van der Waals surface area contributed by atoms with E-state index in [-0.39, 0.29) is 0 Å². The summed E-state index contributed by atoms with van der Waals surface area (Å²) in [6, 6.07) is 27.1. The van der Waals surface area contributed by atoms with Crippen LogP contribution in [0.4, 0.5) is 5.69 Å². The number of anilines is 1. The van der Waals surface area contributed by atoms with Gasteiger partial charge in [0.1, 0.15) is 0 Å². The zero-order valence-electron chi connectivity index (χ0n) is 16.3. The van der Waals surface area contributed by atoms with Crippen molar-refractivity contribution in [3.05, 3.63) is 95.1 Å². The van der Waals surface area contributed by atoms with Gasteiger partial charge in [-0.3, -0.25) is 0 Å². The van der Waals surface area contributed by atoms with Crippen molar-refractivity contribution < 1.29 is 0 Å². The van der Waals surface area contributed by atoms with E-state index in [1.165, 1.54) is 32.8 Å². The van der Waals surface area contributed by atoms with Crippen molar-refractivity contribution in [2.75, 3.05) is 38.1 Å². The van der Waals surface area contributed by atoms with Gasteiger partial charge < -0.3 is 9.80 Å². The highest BCUT2D eigenvalue weighted by molar-refractivity contribution is 7.98. The third-order valence-electron chi connectivity index (χ3n) is 6.06. The Morgan fingerprint density at radius 2 is 1.54 bits per heavy atom. The molecule has 28 heavy (non-hydrogen) atoms. The van der Waals surface area contributed by atoms with Crippen molar-refractivity contribution in [1.29, 1.82) is 0 Å². The highest BCUT2D eigenvalue weighted by Gasteiger charge is 2.26. The van der Waals surface area contributed by atoms with Gasteiger partial charge in [0, 0.05) is 48.4 Å². The minimum Gasteiger partial charge on any atom is -0.369 e. The Bertz CT molecular complexity index is 961. The van der Waals surface area contributed by atoms with Gasteiger partial charge in [0.25, 0.3) is 0 Å². The molecule has 2 nitrogen and oxygen atoms in total. The predicted molar refractivity (Wildman–Crippen MR) is 120 cm³/mol. The molecule has 3 aromatic carbocycles. The summed E-state index contributed by atoms with van der Waals surface area (Å²) in [5.74, 6) is 1.35. The third kappa shape index (κ3) is 3.34. The van der Waals surface area contributed by atoms with Crippen LogP contribution in [0, 0.1) is 0 Å². The average Bonchev–Trinajstić information content (AvgIpc) is 2.91. The molecule has 0 N–H and O–H groups in total. The Balaban J connectivity index is 1.59. The molecule has 2 aliphatic rings. The molecule has 142 valence electrons. The molecule has 3 aromatic rings. The molecule has 0 radical (unpaired) electrons. The molecular weight excluding hydrogens is 360 g/mol. The molecule has 0 aromatic heterocycles. The predicted octanol–water partition coefficient (Wildman–Crippen LogP) is 5.22. The van der Waals surface area contributed by atoms with Crippen molar-refractivity contribution in [2.45, 2.75) is 16.6 Å². The smallest absolute Gasteiger partial charge is 0.0378 e. The summed E-state index contributed by atoms with van der Waals surface area (Å²) in [5.41, 5.74) is 7.10. The van der Waals surface area contributed by atoms with E-state index in [4.69, 9.17) is 0 Å². The Morgan fingerprint density at radius 1 is 0.786 bits per heavy atom. The molecule has 5 rings (SSSR count). The van der Waals surface area contributed by atoms with Crippen LogP contribution in [0.1, 0.15) is 28.2 Å². The largest absolute Gasteiger partial charge is 0.369 e. The van der Waals surface area contributed by atoms with Crippen LogP contribution in [-0.2, 0) is 5.75 Å². The number of hydrogen-bond acceptors (Lipinski definition) is 3. The Hall–Kier alpha value is -2.23. The summed E-state index contributed by atoms with van der Waals surface area (Å²) in [6.45, 7) is 4.51. The quantitative estimate of drug-likeness (QED) is 0.596. The van der Waals surface area contributed by atoms with Crippen LogP contribution >= 0.6 is 11.8 Å². The molecular formula is C25H26N2S. The van der Waals surface area contributed by atoms with Crippen LogP contribution in [0.3, 0.4) is 0 Å². The minimum atomic E-state index is 0.309.